The quantitative estimate of drug-likeness (QED) is 0.309. The number of carbonyl (C=O) groups is 1. The molecule has 0 unspecified atom stereocenters. The third-order valence-electron chi connectivity index (χ3n) is 1.49. The fraction of sp³-hybridized carbons (Fsp3) is 0.800. The van der Waals surface area contributed by atoms with Gasteiger partial charge in [0, 0.05) is 12.8 Å². The molecule has 0 saturated carbocycles. The first-order chi connectivity index (χ1) is 5.22. The topological polar surface area (TPSA) is 113 Å². The monoisotopic (exact) mass is 158 g/mol. The van der Waals surface area contributed by atoms with Crippen LogP contribution in [-0.2, 0) is 4.79 Å². The number of aliphatic carboxylic acids is 1. The maximum absolute atomic E-state index is 10.2. The lowest BCUT2D eigenvalue weighted by molar-refractivity contribution is -0.658. The number of hydrogen-bond acceptors (Lipinski definition) is 1. The molecular weight excluding hydrogens is 148 g/mol. The van der Waals surface area contributed by atoms with E-state index in [1.165, 1.54) is 4.91 Å². The van der Waals surface area contributed by atoms with Gasteiger partial charge in [-0.15, -0.1) is 0 Å². The summed E-state index contributed by atoms with van der Waals surface area (Å²) >= 11 is 0. The molecule has 1 aliphatic rings. The number of quaternary nitrogens is 1. The van der Waals surface area contributed by atoms with Crippen LogP contribution in [0.15, 0.2) is 0 Å². The molecule has 0 amide bonds. The average molecular weight is 158 g/mol. The Morgan fingerprint density at radius 3 is 2.36 bits per heavy atom. The molecule has 0 aromatic carbocycles. The van der Waals surface area contributed by atoms with Gasteiger partial charge in [-0.25, -0.2) is 4.79 Å². The van der Waals surface area contributed by atoms with E-state index in [9.17, 15) is 4.79 Å². The standard InChI is InChI=1S/C5H9NO2.N3/c7-5(8)4-2-1-3-6-4;1-3-2/h4,6H,1-3H2,(H,7,8);/q;-1/p+1/t4-;/m0./s1. The summed E-state index contributed by atoms with van der Waals surface area (Å²) in [6, 6.07) is -0.144. The summed E-state index contributed by atoms with van der Waals surface area (Å²) in [6.45, 7) is 0.983. The highest BCUT2D eigenvalue weighted by Gasteiger charge is 2.24. The average Bonchev–Trinajstić information content (AvgIpc) is 2.38. The van der Waals surface area contributed by atoms with Gasteiger partial charge in [0.05, 0.1) is 6.54 Å². The van der Waals surface area contributed by atoms with E-state index >= 15 is 0 Å². The Bertz CT molecular complexity index is 158. The van der Waals surface area contributed by atoms with Crippen molar-refractivity contribution in [3.05, 3.63) is 16.0 Å². The first-order valence-corrected chi connectivity index (χ1v) is 3.27. The van der Waals surface area contributed by atoms with Crippen molar-refractivity contribution in [2.75, 3.05) is 6.54 Å². The minimum atomic E-state index is -0.664. The summed E-state index contributed by atoms with van der Waals surface area (Å²) in [4.78, 5) is 11.7. The second kappa shape index (κ2) is 5.52. The zero-order valence-electron chi connectivity index (χ0n) is 5.97. The second-order valence-corrected chi connectivity index (χ2v) is 2.20. The minimum Gasteiger partial charge on any atom is -0.477 e. The van der Waals surface area contributed by atoms with Crippen LogP contribution in [0.3, 0.4) is 0 Å². The summed E-state index contributed by atoms with van der Waals surface area (Å²) in [7, 11) is 0. The largest absolute Gasteiger partial charge is 0.477 e. The highest BCUT2D eigenvalue weighted by molar-refractivity contribution is 5.71. The van der Waals surface area contributed by atoms with Gasteiger partial charge >= 0.3 is 5.97 Å². The van der Waals surface area contributed by atoms with Gasteiger partial charge in [0.25, 0.3) is 0 Å². The molecule has 0 aromatic rings. The van der Waals surface area contributed by atoms with Gasteiger partial charge in [0.15, 0.2) is 6.04 Å². The zero-order valence-corrected chi connectivity index (χ0v) is 5.97. The van der Waals surface area contributed by atoms with E-state index in [0.29, 0.717) is 0 Å². The summed E-state index contributed by atoms with van der Waals surface area (Å²) in [5.74, 6) is -0.664. The Kier molecular flexibility index (Phi) is 4.89. The number of nitrogens with zero attached hydrogens (tertiary/aromatic N) is 3. The Balaban J connectivity index is 0.000000292. The van der Waals surface area contributed by atoms with Crippen LogP contribution >= 0.6 is 0 Å². The van der Waals surface area contributed by atoms with E-state index in [4.69, 9.17) is 16.2 Å². The third kappa shape index (κ3) is 4.19. The lowest BCUT2D eigenvalue weighted by Crippen LogP contribution is -2.88. The lowest BCUT2D eigenvalue weighted by Gasteiger charge is -1.96. The molecule has 1 aliphatic heterocycles. The molecule has 62 valence electrons. The van der Waals surface area contributed by atoms with Gasteiger partial charge in [-0.2, -0.15) is 0 Å². The number of hydrogen-bond donors (Lipinski definition) is 2. The SMILES string of the molecule is O=C(O)[C@@H]1CCC[NH2+]1.[N-]=[N+]=[N-]. The fourth-order valence-corrected chi connectivity index (χ4v) is 0.999. The molecule has 1 fully saturated rings. The number of rotatable bonds is 1. The fourth-order valence-electron chi connectivity index (χ4n) is 0.999. The summed E-state index contributed by atoms with van der Waals surface area (Å²) in [5, 5.41) is 10.3. The zero-order chi connectivity index (χ0) is 8.69. The van der Waals surface area contributed by atoms with Crippen molar-refractivity contribution >= 4 is 5.97 Å². The van der Waals surface area contributed by atoms with Crippen LogP contribution in [0.2, 0.25) is 0 Å². The first kappa shape index (κ1) is 9.74. The van der Waals surface area contributed by atoms with Gasteiger partial charge < -0.3 is 21.5 Å². The molecule has 0 aromatic heterocycles. The Hall–Kier alpha value is -1.26. The van der Waals surface area contributed by atoms with Crippen LogP contribution in [0, 0.1) is 0 Å². The van der Waals surface area contributed by atoms with Gasteiger partial charge in [0.1, 0.15) is 0 Å². The molecular formula is C5H10N4O2. The van der Waals surface area contributed by atoms with E-state index in [1.807, 2.05) is 5.32 Å². The van der Waals surface area contributed by atoms with Crippen LogP contribution in [0.1, 0.15) is 12.8 Å². The van der Waals surface area contributed by atoms with Crippen LogP contribution in [0.5, 0.6) is 0 Å². The summed E-state index contributed by atoms with van der Waals surface area (Å²) < 4.78 is 0. The van der Waals surface area contributed by atoms with E-state index in [-0.39, 0.29) is 6.04 Å². The Labute approximate surface area is 63.6 Å². The van der Waals surface area contributed by atoms with Crippen LogP contribution < -0.4 is 5.32 Å². The molecule has 1 rings (SSSR count). The van der Waals surface area contributed by atoms with E-state index < -0.39 is 5.97 Å². The van der Waals surface area contributed by atoms with Crippen molar-refractivity contribution in [3.8, 4) is 0 Å². The Morgan fingerprint density at radius 1 is 1.64 bits per heavy atom. The number of carboxylic acid groups (broad SMARTS) is 1. The molecule has 6 heteroatoms. The minimum absolute atomic E-state index is 0.144. The summed E-state index contributed by atoms with van der Waals surface area (Å²) in [5.41, 5.74) is 13.5. The Morgan fingerprint density at radius 2 is 2.18 bits per heavy atom. The smallest absolute Gasteiger partial charge is 0.362 e. The molecule has 1 atom stereocenters. The predicted octanol–water partition coefficient (Wildman–Crippen LogP) is -0.337. The highest BCUT2D eigenvalue weighted by Crippen LogP contribution is 1.95. The lowest BCUT2D eigenvalue weighted by atomic mass is 10.2. The van der Waals surface area contributed by atoms with Crippen LogP contribution in [-0.4, -0.2) is 23.7 Å². The van der Waals surface area contributed by atoms with Gasteiger partial charge in [-0.1, -0.05) is 0 Å². The molecule has 6 nitrogen and oxygen atoms in total. The molecule has 1 heterocycles. The van der Waals surface area contributed by atoms with Crippen LogP contribution in [0.25, 0.3) is 16.0 Å². The first-order valence-electron chi connectivity index (χ1n) is 3.27. The molecule has 0 aliphatic carbocycles. The highest BCUT2D eigenvalue weighted by atomic mass is 16.4. The van der Waals surface area contributed by atoms with Gasteiger partial charge in [-0.05, 0) is 0 Å². The second-order valence-electron chi connectivity index (χ2n) is 2.20. The summed E-state index contributed by atoms with van der Waals surface area (Å²) in [6.07, 6.45) is 1.90. The van der Waals surface area contributed by atoms with Crippen molar-refractivity contribution in [2.45, 2.75) is 18.9 Å². The predicted molar refractivity (Wildman–Crippen MR) is 37.5 cm³/mol. The number of nitrogens with two attached hydrogens (primary N) is 1. The maximum Gasteiger partial charge on any atom is 0.362 e. The van der Waals surface area contributed by atoms with Crippen molar-refractivity contribution in [2.24, 2.45) is 0 Å². The van der Waals surface area contributed by atoms with Gasteiger partial charge in [0.2, 0.25) is 0 Å². The molecule has 3 N–H and O–H groups in total. The molecule has 0 bridgehead atoms. The van der Waals surface area contributed by atoms with Crippen molar-refractivity contribution in [1.29, 1.82) is 0 Å². The normalized spacial score (nSPS) is 21.3. The van der Waals surface area contributed by atoms with Crippen LogP contribution in [0.4, 0.5) is 0 Å². The molecule has 0 radical (unpaired) electrons. The van der Waals surface area contributed by atoms with E-state index in [1.54, 1.807) is 0 Å². The third-order valence-corrected chi connectivity index (χ3v) is 1.49. The molecule has 11 heavy (non-hydrogen) atoms. The van der Waals surface area contributed by atoms with Gasteiger partial charge in [-0.3, -0.25) is 4.91 Å². The van der Waals surface area contributed by atoms with Crippen molar-refractivity contribution in [1.82, 2.24) is 0 Å². The maximum atomic E-state index is 10.2. The van der Waals surface area contributed by atoms with Crippen molar-refractivity contribution < 1.29 is 15.2 Å². The molecule has 0 spiro atoms. The number of carboxylic acids is 1. The van der Waals surface area contributed by atoms with Crippen molar-refractivity contribution in [3.63, 3.8) is 0 Å². The molecule has 1 saturated heterocycles. The van der Waals surface area contributed by atoms with E-state index in [2.05, 4.69) is 0 Å². The van der Waals surface area contributed by atoms with E-state index in [0.717, 1.165) is 19.4 Å².